The lowest BCUT2D eigenvalue weighted by molar-refractivity contribution is -0.146. The molecule has 2 amide bonds. The highest BCUT2D eigenvalue weighted by molar-refractivity contribution is 5.79. The van der Waals surface area contributed by atoms with Crippen LogP contribution >= 0.6 is 0 Å². The average Bonchev–Trinajstić information content (AvgIpc) is 2.29. The van der Waals surface area contributed by atoms with E-state index in [1.165, 1.54) is 5.56 Å². The van der Waals surface area contributed by atoms with Gasteiger partial charge in [0.25, 0.3) is 0 Å². The highest BCUT2D eigenvalue weighted by Gasteiger charge is 2.36. The number of rotatable bonds is 3. The summed E-state index contributed by atoms with van der Waals surface area (Å²) in [4.78, 5) is 25.9. The van der Waals surface area contributed by atoms with E-state index in [0.717, 1.165) is 5.56 Å². The van der Waals surface area contributed by atoms with E-state index >= 15 is 0 Å². The molecule has 1 aliphatic heterocycles. The Morgan fingerprint density at radius 3 is 2.42 bits per heavy atom. The number of carboxylic acid groups (broad SMARTS) is 1. The van der Waals surface area contributed by atoms with Crippen molar-refractivity contribution in [1.29, 1.82) is 0 Å². The summed E-state index contributed by atoms with van der Waals surface area (Å²) >= 11 is 0. The van der Waals surface area contributed by atoms with Crippen LogP contribution in [0, 0.1) is 12.8 Å². The largest absolute Gasteiger partial charge is 0.481 e. The number of aliphatic carboxylic acids is 1. The van der Waals surface area contributed by atoms with E-state index < -0.39 is 11.9 Å². The molecule has 2 rings (SSSR count). The molecule has 19 heavy (non-hydrogen) atoms. The molecule has 0 aromatic heterocycles. The molecule has 0 atom stereocenters. The minimum Gasteiger partial charge on any atom is -0.481 e. The second-order valence-corrected chi connectivity index (χ2v) is 5.06. The highest BCUT2D eigenvalue weighted by atomic mass is 16.4. The summed E-state index contributed by atoms with van der Waals surface area (Å²) in [6.07, 6.45) is 0. The standard InChI is InChI=1S/C14H18N2O3/c1-10-3-5-11(6-4-10)7-15(2)14(19)16-8-12(9-16)13(17)18/h3-6,12H,7-9H2,1-2H3,(H,17,18). The first-order valence-corrected chi connectivity index (χ1v) is 6.26. The van der Waals surface area contributed by atoms with Crippen LogP contribution in [0.2, 0.25) is 0 Å². The van der Waals surface area contributed by atoms with Crippen molar-refractivity contribution in [1.82, 2.24) is 9.80 Å². The van der Waals surface area contributed by atoms with Crippen LogP contribution in [-0.4, -0.2) is 47.0 Å². The summed E-state index contributed by atoms with van der Waals surface area (Å²) < 4.78 is 0. The van der Waals surface area contributed by atoms with Crippen molar-refractivity contribution < 1.29 is 14.7 Å². The second-order valence-electron chi connectivity index (χ2n) is 5.06. The summed E-state index contributed by atoms with van der Waals surface area (Å²) in [6.45, 7) is 3.18. The number of aryl methyl sites for hydroxylation is 1. The van der Waals surface area contributed by atoms with Crippen LogP contribution in [0.5, 0.6) is 0 Å². The van der Waals surface area contributed by atoms with Crippen molar-refractivity contribution in [2.75, 3.05) is 20.1 Å². The predicted octanol–water partition coefficient (Wildman–Crippen LogP) is 1.56. The van der Waals surface area contributed by atoms with Crippen molar-refractivity contribution in [3.05, 3.63) is 35.4 Å². The van der Waals surface area contributed by atoms with Gasteiger partial charge >= 0.3 is 12.0 Å². The maximum atomic E-state index is 12.0. The van der Waals surface area contributed by atoms with Crippen LogP contribution in [0.1, 0.15) is 11.1 Å². The van der Waals surface area contributed by atoms with Crippen molar-refractivity contribution in [3.8, 4) is 0 Å². The summed E-state index contributed by atoms with van der Waals surface area (Å²) in [5.74, 6) is -1.23. The number of hydrogen-bond donors (Lipinski definition) is 1. The molecule has 1 aromatic carbocycles. The van der Waals surface area contributed by atoms with Gasteiger partial charge in [-0.05, 0) is 12.5 Å². The van der Waals surface area contributed by atoms with E-state index in [2.05, 4.69) is 0 Å². The molecule has 0 saturated carbocycles. The number of amides is 2. The molecule has 102 valence electrons. The number of carboxylic acids is 1. The molecular formula is C14H18N2O3. The third-order valence-electron chi connectivity index (χ3n) is 3.37. The maximum absolute atomic E-state index is 12.0. The maximum Gasteiger partial charge on any atom is 0.320 e. The van der Waals surface area contributed by atoms with Gasteiger partial charge in [0.05, 0.1) is 5.92 Å². The van der Waals surface area contributed by atoms with Gasteiger partial charge in [0, 0.05) is 26.7 Å². The molecule has 1 saturated heterocycles. The van der Waals surface area contributed by atoms with E-state index in [0.29, 0.717) is 19.6 Å². The molecule has 1 N–H and O–H groups in total. The summed E-state index contributed by atoms with van der Waals surface area (Å²) in [5, 5.41) is 8.78. The zero-order chi connectivity index (χ0) is 14.0. The van der Waals surface area contributed by atoms with Crippen LogP contribution in [0.3, 0.4) is 0 Å². The number of likely N-dealkylation sites (tertiary alicyclic amines) is 1. The van der Waals surface area contributed by atoms with E-state index in [1.54, 1.807) is 16.8 Å². The van der Waals surface area contributed by atoms with Gasteiger partial charge in [-0.15, -0.1) is 0 Å². The van der Waals surface area contributed by atoms with Gasteiger partial charge in [-0.3, -0.25) is 4.79 Å². The Kier molecular flexibility index (Phi) is 3.74. The van der Waals surface area contributed by atoms with Gasteiger partial charge in [-0.1, -0.05) is 29.8 Å². The SMILES string of the molecule is Cc1ccc(CN(C)C(=O)N2CC(C(=O)O)C2)cc1. The zero-order valence-corrected chi connectivity index (χ0v) is 11.2. The molecule has 5 heteroatoms. The van der Waals surface area contributed by atoms with Gasteiger partial charge in [0.15, 0.2) is 0 Å². The molecular weight excluding hydrogens is 244 g/mol. The lowest BCUT2D eigenvalue weighted by atomic mass is 10.0. The van der Waals surface area contributed by atoms with Crippen LogP contribution in [0.25, 0.3) is 0 Å². The topological polar surface area (TPSA) is 60.9 Å². The fourth-order valence-corrected chi connectivity index (χ4v) is 2.07. The van der Waals surface area contributed by atoms with Gasteiger partial charge in [-0.2, -0.15) is 0 Å². The minimum atomic E-state index is -0.828. The fourth-order valence-electron chi connectivity index (χ4n) is 2.07. The number of carbonyl (C=O) groups excluding carboxylic acids is 1. The monoisotopic (exact) mass is 262 g/mol. The summed E-state index contributed by atoms with van der Waals surface area (Å²) in [5.41, 5.74) is 2.25. The molecule has 0 unspecified atom stereocenters. The second kappa shape index (κ2) is 5.30. The van der Waals surface area contributed by atoms with Gasteiger partial charge in [0.1, 0.15) is 0 Å². The number of urea groups is 1. The Hall–Kier alpha value is -2.04. The molecule has 0 bridgehead atoms. The van der Waals surface area contributed by atoms with E-state index in [-0.39, 0.29) is 6.03 Å². The number of hydrogen-bond acceptors (Lipinski definition) is 2. The van der Waals surface area contributed by atoms with Crippen molar-refractivity contribution in [3.63, 3.8) is 0 Å². The van der Waals surface area contributed by atoms with Crippen molar-refractivity contribution in [2.24, 2.45) is 5.92 Å². The first-order valence-electron chi connectivity index (χ1n) is 6.26. The summed E-state index contributed by atoms with van der Waals surface area (Å²) in [6, 6.07) is 7.90. The highest BCUT2D eigenvalue weighted by Crippen LogP contribution is 2.18. The third-order valence-corrected chi connectivity index (χ3v) is 3.37. The minimum absolute atomic E-state index is 0.113. The smallest absolute Gasteiger partial charge is 0.320 e. The fraction of sp³-hybridized carbons (Fsp3) is 0.429. The van der Waals surface area contributed by atoms with Crippen LogP contribution < -0.4 is 0 Å². The Bertz CT molecular complexity index is 478. The quantitative estimate of drug-likeness (QED) is 0.899. The molecule has 1 aliphatic rings. The first-order chi connectivity index (χ1) is 8.97. The average molecular weight is 262 g/mol. The lowest BCUT2D eigenvalue weighted by Gasteiger charge is -2.39. The molecule has 0 radical (unpaired) electrons. The molecule has 0 spiro atoms. The molecule has 1 heterocycles. The van der Waals surface area contributed by atoms with Crippen LogP contribution in [0.4, 0.5) is 4.79 Å². The Morgan fingerprint density at radius 1 is 1.32 bits per heavy atom. The van der Waals surface area contributed by atoms with Crippen LogP contribution in [0.15, 0.2) is 24.3 Å². The van der Waals surface area contributed by atoms with E-state index in [9.17, 15) is 9.59 Å². The molecule has 1 fully saturated rings. The third kappa shape index (κ3) is 3.05. The summed E-state index contributed by atoms with van der Waals surface area (Å²) in [7, 11) is 1.73. The normalized spacial score (nSPS) is 14.9. The van der Waals surface area contributed by atoms with Crippen LogP contribution in [-0.2, 0) is 11.3 Å². The van der Waals surface area contributed by atoms with E-state index in [4.69, 9.17) is 5.11 Å². The molecule has 0 aliphatic carbocycles. The van der Waals surface area contributed by atoms with E-state index in [1.807, 2.05) is 31.2 Å². The number of benzene rings is 1. The molecule has 5 nitrogen and oxygen atoms in total. The van der Waals surface area contributed by atoms with Gasteiger partial charge in [0.2, 0.25) is 0 Å². The molecule has 1 aromatic rings. The number of carbonyl (C=O) groups is 2. The Balaban J connectivity index is 1.87. The van der Waals surface area contributed by atoms with Crippen molar-refractivity contribution in [2.45, 2.75) is 13.5 Å². The Labute approximate surface area is 112 Å². The first kappa shape index (κ1) is 13.4. The van der Waals surface area contributed by atoms with Gasteiger partial charge in [-0.25, -0.2) is 4.79 Å². The number of nitrogens with zero attached hydrogens (tertiary/aromatic N) is 2. The Morgan fingerprint density at radius 2 is 1.89 bits per heavy atom. The van der Waals surface area contributed by atoms with Gasteiger partial charge < -0.3 is 14.9 Å². The lowest BCUT2D eigenvalue weighted by Crippen LogP contribution is -2.56. The zero-order valence-electron chi connectivity index (χ0n) is 11.2. The van der Waals surface area contributed by atoms with Crippen molar-refractivity contribution >= 4 is 12.0 Å². The predicted molar refractivity (Wildman–Crippen MR) is 70.7 cm³/mol.